The van der Waals surface area contributed by atoms with Gasteiger partial charge in [-0.2, -0.15) is 9.69 Å². The van der Waals surface area contributed by atoms with E-state index in [4.69, 9.17) is 14.2 Å². The van der Waals surface area contributed by atoms with Gasteiger partial charge in [0, 0.05) is 29.4 Å². The van der Waals surface area contributed by atoms with Crippen molar-refractivity contribution in [3.05, 3.63) is 77.8 Å². The third kappa shape index (κ3) is 5.41. The van der Waals surface area contributed by atoms with Crippen LogP contribution >= 0.6 is 31.9 Å². The van der Waals surface area contributed by atoms with Crippen LogP contribution in [0.15, 0.2) is 50.4 Å². The minimum absolute atomic E-state index is 0.0857. The van der Waals surface area contributed by atoms with Crippen molar-refractivity contribution < 1.29 is 28.7 Å². The van der Waals surface area contributed by atoms with Crippen LogP contribution in [-0.2, 0) is 20.9 Å². The Morgan fingerprint density at radius 2 is 1.87 bits per heavy atom. The van der Waals surface area contributed by atoms with Gasteiger partial charge in [0.1, 0.15) is 16.0 Å². The predicted molar refractivity (Wildman–Crippen MR) is 142 cm³/mol. The molecule has 0 N–H and O–H groups in total. The van der Waals surface area contributed by atoms with Crippen LogP contribution in [0.4, 0.5) is 5.82 Å². The number of rotatable bonds is 7. The molecule has 3 aromatic rings. The predicted octanol–water partition coefficient (Wildman–Crippen LogP) is 4.85. The summed E-state index contributed by atoms with van der Waals surface area (Å²) in [5, 5.41) is 21.0. The second kappa shape index (κ2) is 10.9. The maximum absolute atomic E-state index is 12.5. The van der Waals surface area contributed by atoms with E-state index in [1.807, 2.05) is 0 Å². The van der Waals surface area contributed by atoms with Crippen LogP contribution in [0.1, 0.15) is 42.5 Å². The van der Waals surface area contributed by atoms with Crippen LogP contribution < -0.4 is 9.47 Å². The van der Waals surface area contributed by atoms with Gasteiger partial charge in [-0.05, 0) is 64.2 Å². The average molecular weight is 651 g/mol. The van der Waals surface area contributed by atoms with E-state index < -0.39 is 17.1 Å². The molecule has 0 fully saturated rings. The number of aromatic nitrogens is 2. The molecule has 14 heteroatoms. The highest BCUT2D eigenvalue weighted by atomic mass is 79.9. The lowest BCUT2D eigenvalue weighted by molar-refractivity contribution is -0.390. The lowest BCUT2D eigenvalue weighted by Gasteiger charge is -2.21. The highest BCUT2D eigenvalue weighted by Crippen LogP contribution is 2.36. The fourth-order valence-electron chi connectivity index (χ4n) is 3.82. The summed E-state index contributed by atoms with van der Waals surface area (Å²) in [7, 11) is 1.51. The molecule has 0 aliphatic carbocycles. The molecule has 1 amide bonds. The van der Waals surface area contributed by atoms with Crippen molar-refractivity contribution in [2.24, 2.45) is 5.10 Å². The molecule has 1 aliphatic heterocycles. The van der Waals surface area contributed by atoms with E-state index in [9.17, 15) is 19.7 Å². The highest BCUT2D eigenvalue weighted by Gasteiger charge is 2.35. The van der Waals surface area contributed by atoms with Crippen molar-refractivity contribution >= 4 is 55.5 Å². The molecule has 2 aromatic carbocycles. The molecule has 0 unspecified atom stereocenters. The SMILES string of the molecule is COc1ccc([C@H]2OC(c3cc(Br)ccc3OC(C)=O)=NN2C(C)=O)cc1Cn1nc([N+](=O)[O-])c(Br)c1C. The number of ether oxygens (including phenoxy) is 3. The summed E-state index contributed by atoms with van der Waals surface area (Å²) >= 11 is 6.62. The van der Waals surface area contributed by atoms with Crippen molar-refractivity contribution in [3.8, 4) is 11.5 Å². The minimum atomic E-state index is -0.934. The first-order chi connectivity index (χ1) is 18.0. The molecule has 0 saturated heterocycles. The fourth-order valence-corrected chi connectivity index (χ4v) is 4.61. The van der Waals surface area contributed by atoms with Gasteiger partial charge in [-0.25, -0.2) is 0 Å². The zero-order valence-corrected chi connectivity index (χ0v) is 23.8. The van der Waals surface area contributed by atoms with E-state index >= 15 is 0 Å². The zero-order valence-electron chi connectivity index (χ0n) is 20.6. The van der Waals surface area contributed by atoms with Gasteiger partial charge < -0.3 is 24.3 Å². The molecule has 12 nitrogen and oxygen atoms in total. The Labute approximate surface area is 233 Å². The largest absolute Gasteiger partial charge is 0.496 e. The Kier molecular flexibility index (Phi) is 7.83. The first-order valence-electron chi connectivity index (χ1n) is 11.1. The number of hydrogen-bond acceptors (Lipinski definition) is 9. The van der Waals surface area contributed by atoms with E-state index in [1.54, 1.807) is 43.3 Å². The number of carbonyl (C=O) groups excluding carboxylic acids is 2. The summed E-state index contributed by atoms with van der Waals surface area (Å²) in [4.78, 5) is 34.9. The summed E-state index contributed by atoms with van der Waals surface area (Å²) in [6.07, 6.45) is -0.934. The lowest BCUT2D eigenvalue weighted by Crippen LogP contribution is -2.25. The van der Waals surface area contributed by atoms with Crippen LogP contribution in [0.5, 0.6) is 11.5 Å². The molecule has 198 valence electrons. The number of hydrazone groups is 1. The van der Waals surface area contributed by atoms with E-state index in [-0.39, 0.29) is 34.4 Å². The summed E-state index contributed by atoms with van der Waals surface area (Å²) in [6.45, 7) is 4.49. The number of nitrogens with zero attached hydrogens (tertiary/aromatic N) is 5. The van der Waals surface area contributed by atoms with Crippen molar-refractivity contribution in [1.29, 1.82) is 0 Å². The Morgan fingerprint density at radius 3 is 2.47 bits per heavy atom. The Bertz CT molecular complexity index is 1490. The molecule has 1 aromatic heterocycles. The third-order valence-corrected chi connectivity index (χ3v) is 7.01. The Balaban J connectivity index is 1.72. The average Bonchev–Trinajstić information content (AvgIpc) is 3.43. The smallest absolute Gasteiger partial charge is 0.404 e. The molecule has 4 rings (SSSR count). The Morgan fingerprint density at radius 1 is 1.16 bits per heavy atom. The molecule has 0 spiro atoms. The number of methoxy groups -OCH3 is 1. The minimum Gasteiger partial charge on any atom is -0.496 e. The second-order valence-electron chi connectivity index (χ2n) is 8.18. The molecule has 0 saturated carbocycles. The van der Waals surface area contributed by atoms with Crippen molar-refractivity contribution in [3.63, 3.8) is 0 Å². The quantitative estimate of drug-likeness (QED) is 0.153. The van der Waals surface area contributed by atoms with E-state index in [2.05, 4.69) is 42.1 Å². The number of benzene rings is 2. The maximum Gasteiger partial charge on any atom is 0.404 e. The number of nitro groups is 1. The normalized spacial score (nSPS) is 14.6. The van der Waals surface area contributed by atoms with Crippen LogP contribution in [-0.4, -0.2) is 44.6 Å². The van der Waals surface area contributed by atoms with Gasteiger partial charge in [0.15, 0.2) is 0 Å². The number of amides is 1. The molecule has 1 atom stereocenters. The summed E-state index contributed by atoms with van der Waals surface area (Å²) in [5.41, 5.74) is 2.14. The third-order valence-electron chi connectivity index (χ3n) is 5.59. The van der Waals surface area contributed by atoms with Crippen LogP contribution in [0.2, 0.25) is 0 Å². The first-order valence-corrected chi connectivity index (χ1v) is 12.7. The zero-order chi connectivity index (χ0) is 27.7. The lowest BCUT2D eigenvalue weighted by atomic mass is 10.1. The topological polar surface area (TPSA) is 138 Å². The number of halogens is 2. The Hall–Kier alpha value is -3.78. The van der Waals surface area contributed by atoms with E-state index in [0.29, 0.717) is 32.6 Å². The molecular weight excluding hydrogens is 630 g/mol. The molecular formula is C24H21Br2N5O7. The monoisotopic (exact) mass is 649 g/mol. The molecule has 0 bridgehead atoms. The number of hydrogen-bond donors (Lipinski definition) is 0. The van der Waals surface area contributed by atoms with Gasteiger partial charge in [-0.1, -0.05) is 15.9 Å². The second-order valence-corrected chi connectivity index (χ2v) is 9.89. The van der Waals surface area contributed by atoms with Gasteiger partial charge in [-0.15, -0.1) is 5.10 Å². The van der Waals surface area contributed by atoms with Crippen LogP contribution in [0.3, 0.4) is 0 Å². The van der Waals surface area contributed by atoms with Gasteiger partial charge in [0.05, 0.1) is 30.0 Å². The number of carbonyl (C=O) groups is 2. The molecule has 2 heterocycles. The first kappa shape index (κ1) is 27.3. The summed E-state index contributed by atoms with van der Waals surface area (Å²) in [6, 6.07) is 10.1. The number of esters is 1. The van der Waals surface area contributed by atoms with E-state index in [1.165, 1.54) is 30.6 Å². The maximum atomic E-state index is 12.5. The van der Waals surface area contributed by atoms with Gasteiger partial charge in [-0.3, -0.25) is 9.59 Å². The fraction of sp³-hybridized carbons (Fsp3) is 0.250. The van der Waals surface area contributed by atoms with Crippen molar-refractivity contribution in [1.82, 2.24) is 14.8 Å². The summed E-state index contributed by atoms with van der Waals surface area (Å²) in [5.74, 6) is -0.375. The molecule has 1 aliphatic rings. The van der Waals surface area contributed by atoms with Crippen LogP contribution in [0, 0.1) is 17.0 Å². The van der Waals surface area contributed by atoms with Gasteiger partial charge in [0.2, 0.25) is 18.0 Å². The van der Waals surface area contributed by atoms with Gasteiger partial charge >= 0.3 is 11.8 Å². The van der Waals surface area contributed by atoms with E-state index in [0.717, 1.165) is 0 Å². The standard InChI is InChI=1S/C24H21Br2N5O7/c1-12-21(26)22(31(34)35)27-29(12)11-16-9-15(5-7-19(16)36-4)24-30(13(2)32)28-23(38-24)18-10-17(25)6-8-20(18)37-14(3)33/h5-10,24H,11H2,1-4H3/t24-/m1/s1. The van der Waals surface area contributed by atoms with Crippen LogP contribution in [0.25, 0.3) is 0 Å². The highest BCUT2D eigenvalue weighted by molar-refractivity contribution is 9.10. The summed E-state index contributed by atoms with van der Waals surface area (Å²) < 4.78 is 19.4. The van der Waals surface area contributed by atoms with Crippen molar-refractivity contribution in [2.45, 2.75) is 33.5 Å². The van der Waals surface area contributed by atoms with Crippen molar-refractivity contribution in [2.75, 3.05) is 7.11 Å². The molecule has 38 heavy (non-hydrogen) atoms. The molecule has 0 radical (unpaired) electrons. The van der Waals surface area contributed by atoms with Gasteiger partial charge in [0.25, 0.3) is 0 Å².